The highest BCUT2D eigenvalue weighted by Gasteiger charge is 2.24. The predicted molar refractivity (Wildman–Crippen MR) is 129 cm³/mol. The highest BCUT2D eigenvalue weighted by atomic mass is 35.5. The first-order valence-electron chi connectivity index (χ1n) is 10.6. The number of carboxylic acid groups (broad SMARTS) is 1. The van der Waals surface area contributed by atoms with Crippen LogP contribution in [0.5, 0.6) is 17.2 Å². The highest BCUT2D eigenvalue weighted by molar-refractivity contribution is 6.32. The lowest BCUT2D eigenvalue weighted by molar-refractivity contribution is -0.136. The molecule has 178 valence electrons. The van der Waals surface area contributed by atoms with Crippen LogP contribution in [0, 0.1) is 0 Å². The average molecular weight is 484 g/mol. The second-order valence-electron chi connectivity index (χ2n) is 7.51. The third kappa shape index (κ3) is 5.80. The molecule has 3 aromatic rings. The molecule has 0 aliphatic heterocycles. The Labute approximate surface area is 203 Å². The van der Waals surface area contributed by atoms with E-state index in [-0.39, 0.29) is 41.4 Å². The summed E-state index contributed by atoms with van der Waals surface area (Å²) in [4.78, 5) is 26.6. The number of nitrogens with zero attached hydrogens (tertiary/aromatic N) is 1. The topological polar surface area (TPSA) is 85.3 Å². The van der Waals surface area contributed by atoms with E-state index in [1.54, 1.807) is 25.2 Å². The molecule has 0 aliphatic carbocycles. The standard InChI is InChI=1S/C26H26ClNO6/c1-17(19-8-5-4-6-9-19)28(15-18-12-13-22(32-2)23(14-18)33-3)24(29)16-34-25-20(26(30)31)10-7-11-21(25)27/h4-14,17H,15-16H2,1-3H3,(H,30,31)/t17-/m0/s1. The summed E-state index contributed by atoms with van der Waals surface area (Å²) < 4.78 is 16.3. The number of aromatic carboxylic acids is 1. The van der Waals surface area contributed by atoms with Crippen LogP contribution in [0.3, 0.4) is 0 Å². The first-order chi connectivity index (χ1) is 16.3. The maximum atomic E-state index is 13.4. The molecule has 3 aromatic carbocycles. The van der Waals surface area contributed by atoms with E-state index in [2.05, 4.69) is 0 Å². The van der Waals surface area contributed by atoms with Gasteiger partial charge < -0.3 is 24.2 Å². The maximum absolute atomic E-state index is 13.4. The number of para-hydroxylation sites is 1. The number of hydrogen-bond donors (Lipinski definition) is 1. The molecule has 0 spiro atoms. The van der Waals surface area contributed by atoms with E-state index in [9.17, 15) is 14.7 Å². The van der Waals surface area contributed by atoms with Crippen LogP contribution in [0.2, 0.25) is 5.02 Å². The Balaban J connectivity index is 1.88. The van der Waals surface area contributed by atoms with E-state index < -0.39 is 5.97 Å². The van der Waals surface area contributed by atoms with Gasteiger partial charge >= 0.3 is 5.97 Å². The van der Waals surface area contributed by atoms with Crippen molar-refractivity contribution >= 4 is 23.5 Å². The van der Waals surface area contributed by atoms with Gasteiger partial charge in [-0.2, -0.15) is 0 Å². The number of carbonyl (C=O) groups excluding carboxylic acids is 1. The summed E-state index contributed by atoms with van der Waals surface area (Å²) in [5.74, 6) is -0.419. The van der Waals surface area contributed by atoms with E-state index in [0.29, 0.717) is 11.5 Å². The summed E-state index contributed by atoms with van der Waals surface area (Å²) in [6, 6.07) is 19.2. The van der Waals surface area contributed by atoms with Crippen LogP contribution >= 0.6 is 11.6 Å². The summed E-state index contributed by atoms with van der Waals surface area (Å²) in [6.45, 7) is 1.81. The molecule has 1 atom stereocenters. The van der Waals surface area contributed by atoms with Gasteiger partial charge in [0.25, 0.3) is 5.91 Å². The van der Waals surface area contributed by atoms with Crippen LogP contribution in [0.4, 0.5) is 0 Å². The monoisotopic (exact) mass is 483 g/mol. The number of rotatable bonds is 10. The molecule has 0 fully saturated rings. The summed E-state index contributed by atoms with van der Waals surface area (Å²) in [5, 5.41) is 9.55. The molecule has 0 radical (unpaired) electrons. The molecule has 1 amide bonds. The zero-order chi connectivity index (χ0) is 24.7. The molecule has 0 unspecified atom stereocenters. The Kier molecular flexibility index (Phi) is 8.38. The van der Waals surface area contributed by atoms with Gasteiger partial charge in [-0.3, -0.25) is 4.79 Å². The fourth-order valence-corrected chi connectivity index (χ4v) is 3.80. The number of benzene rings is 3. The van der Waals surface area contributed by atoms with Gasteiger partial charge in [-0.15, -0.1) is 0 Å². The average Bonchev–Trinajstić information content (AvgIpc) is 2.86. The summed E-state index contributed by atoms with van der Waals surface area (Å²) in [6.07, 6.45) is 0. The Morgan fingerprint density at radius 3 is 2.32 bits per heavy atom. The van der Waals surface area contributed by atoms with Gasteiger partial charge in [0.2, 0.25) is 0 Å². The first-order valence-corrected chi connectivity index (χ1v) is 10.9. The summed E-state index contributed by atoms with van der Waals surface area (Å²) in [5.41, 5.74) is 1.67. The summed E-state index contributed by atoms with van der Waals surface area (Å²) >= 11 is 6.15. The lowest BCUT2D eigenvalue weighted by Crippen LogP contribution is -2.36. The normalized spacial score (nSPS) is 11.4. The lowest BCUT2D eigenvalue weighted by Gasteiger charge is -2.30. The number of amides is 1. The Morgan fingerprint density at radius 1 is 0.971 bits per heavy atom. The number of ether oxygens (including phenoxy) is 3. The zero-order valence-electron chi connectivity index (χ0n) is 19.2. The van der Waals surface area contributed by atoms with Crippen molar-refractivity contribution in [1.82, 2.24) is 4.90 Å². The molecular weight excluding hydrogens is 458 g/mol. The second kappa shape index (κ2) is 11.4. The van der Waals surface area contributed by atoms with Crippen molar-refractivity contribution in [2.45, 2.75) is 19.5 Å². The van der Waals surface area contributed by atoms with Crippen LogP contribution in [-0.2, 0) is 11.3 Å². The second-order valence-corrected chi connectivity index (χ2v) is 7.92. The minimum atomic E-state index is -1.19. The van der Waals surface area contributed by atoms with Crippen molar-refractivity contribution in [2.24, 2.45) is 0 Å². The van der Waals surface area contributed by atoms with Crippen LogP contribution in [0.25, 0.3) is 0 Å². The number of methoxy groups -OCH3 is 2. The molecule has 0 saturated heterocycles. The molecule has 0 aliphatic rings. The smallest absolute Gasteiger partial charge is 0.339 e. The van der Waals surface area contributed by atoms with Crippen molar-refractivity contribution in [2.75, 3.05) is 20.8 Å². The van der Waals surface area contributed by atoms with Crippen molar-refractivity contribution < 1.29 is 28.9 Å². The lowest BCUT2D eigenvalue weighted by atomic mass is 10.1. The number of carboxylic acids is 1. The molecule has 1 N–H and O–H groups in total. The Bertz CT molecular complexity index is 1150. The molecule has 0 bridgehead atoms. The van der Waals surface area contributed by atoms with Crippen molar-refractivity contribution in [3.05, 3.63) is 88.4 Å². The number of hydrogen-bond acceptors (Lipinski definition) is 5. The molecule has 8 heteroatoms. The largest absolute Gasteiger partial charge is 0.493 e. The minimum Gasteiger partial charge on any atom is -0.493 e. The van der Waals surface area contributed by atoms with Crippen molar-refractivity contribution in [3.8, 4) is 17.2 Å². The van der Waals surface area contributed by atoms with Crippen molar-refractivity contribution in [1.29, 1.82) is 0 Å². The fourth-order valence-electron chi connectivity index (χ4n) is 3.57. The SMILES string of the molecule is COc1ccc(CN(C(=O)COc2c(Cl)cccc2C(=O)O)[C@@H](C)c2ccccc2)cc1OC. The third-order valence-electron chi connectivity index (χ3n) is 5.41. The van der Waals surface area contributed by atoms with Gasteiger partial charge in [-0.05, 0) is 42.3 Å². The molecule has 0 heterocycles. The molecular formula is C26H26ClNO6. The first kappa shape index (κ1) is 24.9. The summed E-state index contributed by atoms with van der Waals surface area (Å²) in [7, 11) is 3.11. The highest BCUT2D eigenvalue weighted by Crippen LogP contribution is 2.31. The van der Waals surface area contributed by atoms with Crippen LogP contribution < -0.4 is 14.2 Å². The minimum absolute atomic E-state index is 0.0385. The van der Waals surface area contributed by atoms with E-state index in [4.69, 9.17) is 25.8 Å². The quantitative estimate of drug-likeness (QED) is 0.425. The molecule has 0 aromatic heterocycles. The van der Waals surface area contributed by atoms with E-state index in [1.165, 1.54) is 18.2 Å². The van der Waals surface area contributed by atoms with Crippen molar-refractivity contribution in [3.63, 3.8) is 0 Å². The molecule has 3 rings (SSSR count). The fraction of sp³-hybridized carbons (Fsp3) is 0.231. The van der Waals surface area contributed by atoms with Gasteiger partial charge in [0.15, 0.2) is 23.9 Å². The van der Waals surface area contributed by atoms with Gasteiger partial charge in [0, 0.05) is 6.54 Å². The van der Waals surface area contributed by atoms with Crippen LogP contribution in [0.15, 0.2) is 66.7 Å². The van der Waals surface area contributed by atoms with Gasteiger partial charge in [0.1, 0.15) is 5.56 Å². The maximum Gasteiger partial charge on any atom is 0.339 e. The van der Waals surface area contributed by atoms with E-state index in [1.807, 2.05) is 49.4 Å². The van der Waals surface area contributed by atoms with E-state index in [0.717, 1.165) is 11.1 Å². The Morgan fingerprint density at radius 2 is 1.68 bits per heavy atom. The van der Waals surface area contributed by atoms with Gasteiger partial charge in [-0.25, -0.2) is 4.79 Å². The third-order valence-corrected chi connectivity index (χ3v) is 5.71. The van der Waals surface area contributed by atoms with E-state index >= 15 is 0 Å². The number of carbonyl (C=O) groups is 2. The molecule has 34 heavy (non-hydrogen) atoms. The Hall–Kier alpha value is -3.71. The predicted octanol–water partition coefficient (Wildman–Crippen LogP) is 5.22. The zero-order valence-corrected chi connectivity index (χ0v) is 19.9. The molecule has 0 saturated carbocycles. The van der Waals surface area contributed by atoms with Crippen LogP contribution in [-0.4, -0.2) is 42.7 Å². The van der Waals surface area contributed by atoms with Crippen LogP contribution in [0.1, 0.15) is 34.5 Å². The van der Waals surface area contributed by atoms with Gasteiger partial charge in [0.05, 0.1) is 25.3 Å². The molecule has 7 nitrogen and oxygen atoms in total. The van der Waals surface area contributed by atoms with Gasteiger partial charge in [-0.1, -0.05) is 54.1 Å². The number of halogens is 1.